The van der Waals surface area contributed by atoms with E-state index < -0.39 is 6.36 Å². The minimum atomic E-state index is -4.76. The topological polar surface area (TPSA) is 50.3 Å². The van der Waals surface area contributed by atoms with Gasteiger partial charge in [0.15, 0.2) is 5.75 Å². The van der Waals surface area contributed by atoms with Crippen molar-refractivity contribution in [2.24, 2.45) is 0 Å². The van der Waals surface area contributed by atoms with Crippen molar-refractivity contribution in [3.05, 3.63) is 36.0 Å². The Bertz CT molecular complexity index is 659. The first-order valence-corrected chi connectivity index (χ1v) is 6.39. The number of nitrogens with one attached hydrogen (secondary N) is 1. The molecule has 0 amide bonds. The van der Waals surface area contributed by atoms with Gasteiger partial charge in [-0.1, -0.05) is 12.1 Å². The number of aromatic nitrogens is 2. The summed E-state index contributed by atoms with van der Waals surface area (Å²) in [6, 6.07) is 5.72. The quantitative estimate of drug-likeness (QED) is 0.936. The number of benzene rings is 1. The van der Waals surface area contributed by atoms with Crippen molar-refractivity contribution >= 4 is 17.5 Å². The Hall–Kier alpha value is -2.51. The van der Waals surface area contributed by atoms with Crippen LogP contribution in [-0.2, 0) is 0 Å². The summed E-state index contributed by atoms with van der Waals surface area (Å²) < 4.78 is 41.2. The molecule has 22 heavy (non-hydrogen) atoms. The van der Waals surface area contributed by atoms with Gasteiger partial charge in [-0.05, 0) is 19.1 Å². The number of aryl methyl sites for hydroxylation is 1. The largest absolute Gasteiger partial charge is 0.573 e. The molecule has 0 aliphatic rings. The van der Waals surface area contributed by atoms with E-state index in [9.17, 15) is 13.2 Å². The third kappa shape index (κ3) is 4.00. The lowest BCUT2D eigenvalue weighted by atomic mass is 10.3. The maximum absolute atomic E-state index is 12.4. The van der Waals surface area contributed by atoms with Gasteiger partial charge in [0.2, 0.25) is 5.95 Å². The molecule has 1 aromatic heterocycles. The van der Waals surface area contributed by atoms with Gasteiger partial charge in [-0.3, -0.25) is 0 Å². The highest BCUT2D eigenvalue weighted by Gasteiger charge is 2.32. The lowest BCUT2D eigenvalue weighted by Crippen LogP contribution is -2.18. The smallest absolute Gasteiger partial charge is 0.404 e. The van der Waals surface area contributed by atoms with E-state index in [2.05, 4.69) is 20.0 Å². The second-order valence-electron chi connectivity index (χ2n) is 4.76. The van der Waals surface area contributed by atoms with E-state index in [4.69, 9.17) is 0 Å². The molecule has 1 heterocycles. The SMILES string of the molecule is Cc1cnc(Nc2ccccc2OC(F)(F)F)nc1N(C)C. The number of anilines is 3. The van der Waals surface area contributed by atoms with E-state index in [1.807, 2.05) is 21.0 Å². The third-order valence-corrected chi connectivity index (χ3v) is 2.73. The summed E-state index contributed by atoms with van der Waals surface area (Å²) in [5, 5.41) is 2.74. The van der Waals surface area contributed by atoms with Crippen molar-refractivity contribution in [1.82, 2.24) is 9.97 Å². The van der Waals surface area contributed by atoms with Crippen LogP contribution in [0.5, 0.6) is 5.75 Å². The number of hydrogen-bond acceptors (Lipinski definition) is 5. The minimum Gasteiger partial charge on any atom is -0.404 e. The first kappa shape index (κ1) is 15.9. The maximum atomic E-state index is 12.4. The third-order valence-electron chi connectivity index (χ3n) is 2.73. The molecule has 8 heteroatoms. The second kappa shape index (κ2) is 6.08. The minimum absolute atomic E-state index is 0.133. The summed E-state index contributed by atoms with van der Waals surface area (Å²) in [6.45, 7) is 1.85. The number of nitrogens with zero attached hydrogens (tertiary/aromatic N) is 3. The standard InChI is InChI=1S/C14H15F3N4O/c1-9-8-18-13(20-12(9)21(2)3)19-10-6-4-5-7-11(10)22-14(15,16)17/h4-8H,1-3H3,(H,18,19,20). The summed E-state index contributed by atoms with van der Waals surface area (Å²) in [4.78, 5) is 10.1. The Morgan fingerprint density at radius 1 is 1.18 bits per heavy atom. The van der Waals surface area contributed by atoms with Crippen molar-refractivity contribution in [1.29, 1.82) is 0 Å². The van der Waals surface area contributed by atoms with E-state index in [0.29, 0.717) is 5.82 Å². The lowest BCUT2D eigenvalue weighted by molar-refractivity contribution is -0.274. The summed E-state index contributed by atoms with van der Waals surface area (Å²) in [5.41, 5.74) is 0.990. The monoisotopic (exact) mass is 312 g/mol. The fourth-order valence-corrected chi connectivity index (χ4v) is 1.85. The second-order valence-corrected chi connectivity index (χ2v) is 4.76. The molecule has 5 nitrogen and oxygen atoms in total. The number of hydrogen-bond donors (Lipinski definition) is 1. The Morgan fingerprint density at radius 3 is 2.50 bits per heavy atom. The van der Waals surface area contributed by atoms with Gasteiger partial charge in [-0.25, -0.2) is 4.98 Å². The number of halogens is 3. The Balaban J connectivity index is 2.30. The van der Waals surface area contributed by atoms with Gasteiger partial charge in [0.25, 0.3) is 0 Å². The predicted molar refractivity (Wildman–Crippen MR) is 77.5 cm³/mol. The Morgan fingerprint density at radius 2 is 1.86 bits per heavy atom. The van der Waals surface area contributed by atoms with Crippen molar-refractivity contribution in [3.63, 3.8) is 0 Å². The fourth-order valence-electron chi connectivity index (χ4n) is 1.85. The van der Waals surface area contributed by atoms with Crippen LogP contribution in [0.2, 0.25) is 0 Å². The highest BCUT2D eigenvalue weighted by atomic mass is 19.4. The van der Waals surface area contributed by atoms with Crippen LogP contribution in [0.25, 0.3) is 0 Å². The molecule has 0 unspecified atom stereocenters. The van der Waals surface area contributed by atoms with Crippen LogP contribution < -0.4 is 15.0 Å². The molecule has 0 atom stereocenters. The molecule has 0 bridgehead atoms. The molecular weight excluding hydrogens is 297 g/mol. The number of para-hydroxylation sites is 2. The van der Waals surface area contributed by atoms with Crippen LogP contribution in [-0.4, -0.2) is 30.4 Å². The maximum Gasteiger partial charge on any atom is 0.573 e. The van der Waals surface area contributed by atoms with Crippen molar-refractivity contribution < 1.29 is 17.9 Å². The first-order valence-electron chi connectivity index (χ1n) is 6.39. The normalized spacial score (nSPS) is 11.2. The van der Waals surface area contributed by atoms with E-state index >= 15 is 0 Å². The molecule has 2 rings (SSSR count). The zero-order valence-electron chi connectivity index (χ0n) is 12.3. The average Bonchev–Trinajstić information content (AvgIpc) is 2.41. The number of rotatable bonds is 4. The van der Waals surface area contributed by atoms with Crippen LogP contribution >= 0.6 is 0 Å². The highest BCUT2D eigenvalue weighted by molar-refractivity contribution is 5.63. The van der Waals surface area contributed by atoms with Crippen LogP contribution in [0.1, 0.15) is 5.56 Å². The van der Waals surface area contributed by atoms with Gasteiger partial charge in [0.1, 0.15) is 5.82 Å². The summed E-state index contributed by atoms with van der Waals surface area (Å²) in [6.07, 6.45) is -3.17. The number of ether oxygens (including phenoxy) is 1. The van der Waals surface area contributed by atoms with E-state index in [-0.39, 0.29) is 17.4 Å². The number of alkyl halides is 3. The summed E-state index contributed by atoms with van der Waals surface area (Å²) in [5.74, 6) is 0.518. The molecule has 0 aliphatic heterocycles. The molecule has 0 spiro atoms. The molecule has 1 N–H and O–H groups in total. The molecule has 0 aliphatic carbocycles. The van der Waals surface area contributed by atoms with Crippen LogP contribution in [0.15, 0.2) is 30.5 Å². The van der Waals surface area contributed by atoms with Crippen LogP contribution in [0.4, 0.5) is 30.6 Å². The van der Waals surface area contributed by atoms with Gasteiger partial charge in [0, 0.05) is 25.9 Å². The van der Waals surface area contributed by atoms with E-state index in [1.54, 1.807) is 17.2 Å². The van der Waals surface area contributed by atoms with Crippen molar-refractivity contribution in [2.45, 2.75) is 13.3 Å². The zero-order valence-corrected chi connectivity index (χ0v) is 12.3. The summed E-state index contributed by atoms with van der Waals surface area (Å²) >= 11 is 0. The van der Waals surface area contributed by atoms with Gasteiger partial charge < -0.3 is 15.0 Å². The Kier molecular flexibility index (Phi) is 4.39. The van der Waals surface area contributed by atoms with Crippen molar-refractivity contribution in [3.8, 4) is 5.75 Å². The lowest BCUT2D eigenvalue weighted by Gasteiger charge is -2.16. The predicted octanol–water partition coefficient (Wildman–Crippen LogP) is 3.49. The zero-order chi connectivity index (χ0) is 16.3. The van der Waals surface area contributed by atoms with Gasteiger partial charge in [-0.15, -0.1) is 13.2 Å². The highest BCUT2D eigenvalue weighted by Crippen LogP contribution is 2.31. The van der Waals surface area contributed by atoms with Crippen LogP contribution in [0, 0.1) is 6.92 Å². The molecule has 1 aromatic carbocycles. The van der Waals surface area contributed by atoms with Crippen molar-refractivity contribution in [2.75, 3.05) is 24.3 Å². The molecule has 0 radical (unpaired) electrons. The molecule has 2 aromatic rings. The average molecular weight is 312 g/mol. The first-order chi connectivity index (χ1) is 10.3. The van der Waals surface area contributed by atoms with E-state index in [0.717, 1.165) is 5.56 Å². The fraction of sp³-hybridized carbons (Fsp3) is 0.286. The summed E-state index contributed by atoms with van der Waals surface area (Å²) in [7, 11) is 3.64. The van der Waals surface area contributed by atoms with Crippen LogP contribution in [0.3, 0.4) is 0 Å². The Labute approximate surface area is 125 Å². The molecule has 0 fully saturated rings. The molecule has 0 saturated heterocycles. The van der Waals surface area contributed by atoms with Gasteiger partial charge in [-0.2, -0.15) is 4.98 Å². The van der Waals surface area contributed by atoms with Gasteiger partial charge >= 0.3 is 6.36 Å². The molecular formula is C14H15F3N4O. The molecule has 118 valence electrons. The van der Waals surface area contributed by atoms with E-state index in [1.165, 1.54) is 18.2 Å². The van der Waals surface area contributed by atoms with Gasteiger partial charge in [0.05, 0.1) is 5.69 Å². The molecule has 0 saturated carbocycles.